The van der Waals surface area contributed by atoms with Crippen LogP contribution in [0, 0.1) is 0 Å². The lowest BCUT2D eigenvalue weighted by Gasteiger charge is -2.33. The van der Waals surface area contributed by atoms with Gasteiger partial charge in [0.15, 0.2) is 0 Å². The molecule has 0 N–H and O–H groups in total. The monoisotopic (exact) mass is 402 g/mol. The van der Waals surface area contributed by atoms with Gasteiger partial charge < -0.3 is 9.64 Å². The molecule has 1 unspecified atom stereocenters. The van der Waals surface area contributed by atoms with Gasteiger partial charge in [0.1, 0.15) is 5.75 Å². The fraction of sp³-hybridized carbons (Fsp3) is 0.381. The van der Waals surface area contributed by atoms with Gasteiger partial charge in [0, 0.05) is 25.2 Å². The minimum absolute atomic E-state index is 0.0985. The molecule has 28 heavy (non-hydrogen) atoms. The maximum atomic E-state index is 13.1. The summed E-state index contributed by atoms with van der Waals surface area (Å²) in [6.07, 6.45) is 3.07. The number of carbonyl (C=O) groups is 1. The van der Waals surface area contributed by atoms with E-state index in [4.69, 9.17) is 4.74 Å². The molecule has 2 aromatic rings. The van der Waals surface area contributed by atoms with Crippen molar-refractivity contribution in [2.24, 2.45) is 0 Å². The first-order chi connectivity index (χ1) is 13.3. The van der Waals surface area contributed by atoms with Gasteiger partial charge >= 0.3 is 0 Å². The molecule has 150 valence electrons. The lowest BCUT2D eigenvalue weighted by Crippen LogP contribution is -2.42. The number of amides is 1. The van der Waals surface area contributed by atoms with Gasteiger partial charge in [0.25, 0.3) is 15.9 Å². The summed E-state index contributed by atoms with van der Waals surface area (Å²) in [5, 5.41) is 0. The van der Waals surface area contributed by atoms with E-state index in [1.54, 1.807) is 43.5 Å². The van der Waals surface area contributed by atoms with Crippen LogP contribution >= 0.6 is 0 Å². The van der Waals surface area contributed by atoms with Crippen molar-refractivity contribution in [3.8, 4) is 5.75 Å². The van der Waals surface area contributed by atoms with Gasteiger partial charge in [0.2, 0.25) is 0 Å². The van der Waals surface area contributed by atoms with Crippen LogP contribution in [0.15, 0.2) is 53.4 Å². The smallest absolute Gasteiger partial charge is 0.264 e. The van der Waals surface area contributed by atoms with Gasteiger partial charge in [0.05, 0.1) is 17.7 Å². The number of nitrogens with zero attached hydrogens (tertiary/aromatic N) is 2. The Balaban J connectivity index is 1.88. The number of likely N-dealkylation sites (tertiary alicyclic amines) is 1. The second-order valence-electron chi connectivity index (χ2n) is 7.04. The number of benzene rings is 2. The van der Waals surface area contributed by atoms with Crippen LogP contribution in [0.2, 0.25) is 0 Å². The Hall–Kier alpha value is -2.54. The molecule has 0 saturated carbocycles. The van der Waals surface area contributed by atoms with Crippen LogP contribution in [0.3, 0.4) is 0 Å². The zero-order chi connectivity index (χ0) is 20.3. The van der Waals surface area contributed by atoms with E-state index in [9.17, 15) is 13.2 Å². The zero-order valence-corrected chi connectivity index (χ0v) is 17.3. The number of rotatable bonds is 5. The SMILES string of the molecule is COc1ccc(N(C)S(=O)(=O)c2cccc(C(=O)N3CCCCC3C)c2)cc1. The van der Waals surface area contributed by atoms with E-state index in [1.165, 1.54) is 23.5 Å². The molecule has 1 saturated heterocycles. The number of methoxy groups -OCH3 is 1. The molecule has 1 aliphatic rings. The fourth-order valence-electron chi connectivity index (χ4n) is 3.44. The number of sulfonamides is 1. The predicted octanol–water partition coefficient (Wildman–Crippen LogP) is 3.53. The van der Waals surface area contributed by atoms with E-state index >= 15 is 0 Å². The zero-order valence-electron chi connectivity index (χ0n) is 16.5. The minimum atomic E-state index is -3.79. The molecule has 1 fully saturated rings. The quantitative estimate of drug-likeness (QED) is 0.767. The van der Waals surface area contributed by atoms with Crippen molar-refractivity contribution < 1.29 is 17.9 Å². The Morgan fingerprint density at radius 2 is 1.86 bits per heavy atom. The number of hydrogen-bond donors (Lipinski definition) is 0. The minimum Gasteiger partial charge on any atom is -0.497 e. The molecule has 0 radical (unpaired) electrons. The summed E-state index contributed by atoms with van der Waals surface area (Å²) in [4.78, 5) is 14.8. The van der Waals surface area contributed by atoms with Crippen LogP contribution in [0.25, 0.3) is 0 Å². The Bertz CT molecular complexity index is 941. The molecule has 1 heterocycles. The van der Waals surface area contributed by atoms with Crippen molar-refractivity contribution >= 4 is 21.6 Å². The summed E-state index contributed by atoms with van der Waals surface area (Å²) in [7, 11) is -0.735. The van der Waals surface area contributed by atoms with E-state index in [0.717, 1.165) is 19.3 Å². The Morgan fingerprint density at radius 3 is 2.50 bits per heavy atom. The largest absolute Gasteiger partial charge is 0.497 e. The summed E-state index contributed by atoms with van der Waals surface area (Å²) < 4.78 is 32.5. The lowest BCUT2D eigenvalue weighted by molar-refractivity contribution is 0.0635. The van der Waals surface area contributed by atoms with E-state index in [-0.39, 0.29) is 16.8 Å². The van der Waals surface area contributed by atoms with Gasteiger partial charge in [-0.2, -0.15) is 0 Å². The maximum absolute atomic E-state index is 13.1. The van der Waals surface area contributed by atoms with Crippen molar-refractivity contribution in [3.63, 3.8) is 0 Å². The van der Waals surface area contributed by atoms with E-state index in [0.29, 0.717) is 23.5 Å². The van der Waals surface area contributed by atoms with Crippen LogP contribution < -0.4 is 9.04 Å². The van der Waals surface area contributed by atoms with Crippen molar-refractivity contribution in [1.82, 2.24) is 4.90 Å². The molecule has 0 bridgehead atoms. The molecular formula is C21H26N2O4S. The summed E-state index contributed by atoms with van der Waals surface area (Å²) in [5.74, 6) is 0.536. The van der Waals surface area contributed by atoms with Gasteiger partial charge in [-0.25, -0.2) is 8.42 Å². The highest BCUT2D eigenvalue weighted by Gasteiger charge is 2.27. The van der Waals surface area contributed by atoms with Gasteiger partial charge in [-0.1, -0.05) is 6.07 Å². The second kappa shape index (κ2) is 8.22. The summed E-state index contributed by atoms with van der Waals surface area (Å²) in [6.45, 7) is 2.75. The van der Waals surface area contributed by atoms with Crippen molar-refractivity contribution in [2.45, 2.75) is 37.1 Å². The van der Waals surface area contributed by atoms with Crippen molar-refractivity contribution in [1.29, 1.82) is 0 Å². The molecule has 1 aliphatic heterocycles. The second-order valence-corrected chi connectivity index (χ2v) is 9.01. The summed E-state index contributed by atoms with van der Waals surface area (Å²) >= 11 is 0. The van der Waals surface area contributed by atoms with E-state index in [1.807, 2.05) is 11.8 Å². The van der Waals surface area contributed by atoms with Crippen molar-refractivity contribution in [2.75, 3.05) is 25.0 Å². The molecule has 0 aromatic heterocycles. The number of ether oxygens (including phenoxy) is 1. The van der Waals surface area contributed by atoms with Crippen LogP contribution in [0.1, 0.15) is 36.5 Å². The van der Waals surface area contributed by atoms with Crippen LogP contribution in [-0.2, 0) is 10.0 Å². The first-order valence-electron chi connectivity index (χ1n) is 9.38. The number of anilines is 1. The molecule has 6 nitrogen and oxygen atoms in total. The molecule has 3 rings (SSSR count). The van der Waals surface area contributed by atoms with Crippen LogP contribution in [-0.4, -0.2) is 46.0 Å². The standard InChI is InChI=1S/C21H26N2O4S/c1-16-7-4-5-14-23(16)21(24)17-8-6-9-20(15-17)28(25,26)22(2)18-10-12-19(27-3)13-11-18/h6,8-13,15-16H,4-5,7,14H2,1-3H3. The number of piperidine rings is 1. The highest BCUT2D eigenvalue weighted by atomic mass is 32.2. The summed E-state index contributed by atoms with van der Waals surface area (Å²) in [5.41, 5.74) is 0.917. The summed E-state index contributed by atoms with van der Waals surface area (Å²) in [6, 6.07) is 13.2. The first-order valence-corrected chi connectivity index (χ1v) is 10.8. The third kappa shape index (κ3) is 3.99. The van der Waals surface area contributed by atoms with E-state index < -0.39 is 10.0 Å². The normalized spacial score (nSPS) is 17.2. The molecule has 0 spiro atoms. The van der Waals surface area contributed by atoms with Gasteiger partial charge in [-0.05, 0) is 68.7 Å². The maximum Gasteiger partial charge on any atom is 0.264 e. The molecule has 7 heteroatoms. The predicted molar refractivity (Wildman–Crippen MR) is 109 cm³/mol. The molecule has 0 aliphatic carbocycles. The van der Waals surface area contributed by atoms with Crippen LogP contribution in [0.4, 0.5) is 5.69 Å². The first kappa shape index (κ1) is 20.2. The average molecular weight is 403 g/mol. The third-order valence-corrected chi connectivity index (χ3v) is 7.02. The topological polar surface area (TPSA) is 66.9 Å². The number of hydrogen-bond acceptors (Lipinski definition) is 4. The highest BCUT2D eigenvalue weighted by Crippen LogP contribution is 2.26. The Labute approximate surface area is 166 Å². The highest BCUT2D eigenvalue weighted by molar-refractivity contribution is 7.92. The Morgan fingerprint density at radius 1 is 1.14 bits per heavy atom. The molecular weight excluding hydrogens is 376 g/mol. The van der Waals surface area contributed by atoms with E-state index in [2.05, 4.69) is 0 Å². The molecule has 2 aromatic carbocycles. The van der Waals surface area contributed by atoms with Crippen molar-refractivity contribution in [3.05, 3.63) is 54.1 Å². The fourth-order valence-corrected chi connectivity index (χ4v) is 4.69. The van der Waals surface area contributed by atoms with Gasteiger partial charge in [-0.3, -0.25) is 9.10 Å². The third-order valence-electron chi connectivity index (χ3n) is 5.24. The lowest BCUT2D eigenvalue weighted by atomic mass is 10.0. The number of carbonyl (C=O) groups excluding carboxylic acids is 1. The van der Waals surface area contributed by atoms with Crippen LogP contribution in [0.5, 0.6) is 5.75 Å². The van der Waals surface area contributed by atoms with Gasteiger partial charge in [-0.15, -0.1) is 0 Å². The Kier molecular flexibility index (Phi) is 5.93. The molecule has 1 amide bonds. The average Bonchev–Trinajstić information content (AvgIpc) is 2.73. The molecule has 1 atom stereocenters.